The fourth-order valence-corrected chi connectivity index (χ4v) is 1.36. The number of Topliss-reactive ketones (excluding diaryl/α,β-unsaturated/α-hetero) is 1. The Morgan fingerprint density at radius 2 is 2.00 bits per heavy atom. The molecule has 0 saturated heterocycles. The lowest BCUT2D eigenvalue weighted by Crippen LogP contribution is -2.15. The van der Waals surface area contributed by atoms with Crippen molar-refractivity contribution >= 4 is 13.4 Å². The number of ketones is 1. The molecule has 13 heavy (non-hydrogen) atoms. The molecule has 0 rings (SSSR count). The summed E-state index contributed by atoms with van der Waals surface area (Å²) >= 11 is 0. The van der Waals surface area contributed by atoms with Crippen LogP contribution in [0.3, 0.4) is 0 Å². The predicted octanol–water partition coefficient (Wildman–Crippen LogP) is 1.61. The van der Waals surface area contributed by atoms with Crippen molar-refractivity contribution in [2.24, 2.45) is 0 Å². The van der Waals surface area contributed by atoms with Crippen LogP contribution in [0.15, 0.2) is 0 Å². The van der Waals surface area contributed by atoms with Gasteiger partial charge in [-0.1, -0.05) is 19.8 Å². The van der Waals surface area contributed by atoms with Crippen molar-refractivity contribution in [2.75, 3.05) is 0 Å². The molecule has 0 aromatic heterocycles. The van der Waals surface area contributed by atoms with Crippen LogP contribution >= 0.6 is 7.60 Å². The van der Waals surface area contributed by atoms with E-state index in [2.05, 4.69) is 0 Å². The smallest absolute Gasteiger partial charge is 0.322 e. The Kier molecular flexibility index (Phi) is 5.37. The highest BCUT2D eigenvalue weighted by atomic mass is 31.2. The van der Waals surface area contributed by atoms with E-state index in [1.54, 1.807) is 0 Å². The molecule has 6 heteroatoms. The minimum absolute atomic E-state index is 0.0971. The van der Waals surface area contributed by atoms with Gasteiger partial charge in [0.1, 0.15) is 0 Å². The van der Waals surface area contributed by atoms with E-state index in [4.69, 9.17) is 9.79 Å². The number of hydrogen-bond donors (Lipinski definition) is 2. The molecule has 0 aliphatic rings. The predicted molar refractivity (Wildman–Crippen MR) is 46.1 cm³/mol. The van der Waals surface area contributed by atoms with Gasteiger partial charge < -0.3 is 9.79 Å². The van der Waals surface area contributed by atoms with Gasteiger partial charge in [0.05, 0.1) is 0 Å². The van der Waals surface area contributed by atoms with E-state index in [-0.39, 0.29) is 6.42 Å². The number of rotatable bonds is 6. The maximum Gasteiger partial charge on any atom is 0.367 e. The first-order valence-electron chi connectivity index (χ1n) is 4.11. The Morgan fingerprint density at radius 1 is 1.46 bits per heavy atom. The molecular formula is C7H14FO4P. The zero-order valence-electron chi connectivity index (χ0n) is 7.44. The molecule has 4 nitrogen and oxygen atoms in total. The van der Waals surface area contributed by atoms with Gasteiger partial charge >= 0.3 is 7.60 Å². The average molecular weight is 212 g/mol. The molecule has 0 aromatic rings. The third-order valence-electron chi connectivity index (χ3n) is 1.59. The van der Waals surface area contributed by atoms with E-state index < -0.39 is 19.3 Å². The first-order chi connectivity index (χ1) is 5.89. The summed E-state index contributed by atoms with van der Waals surface area (Å²) in [5.41, 5.74) is 0. The van der Waals surface area contributed by atoms with Gasteiger partial charge in [-0.15, -0.1) is 0 Å². The summed E-state index contributed by atoms with van der Waals surface area (Å²) in [5, 5.41) is 0. The first-order valence-corrected chi connectivity index (χ1v) is 5.79. The second-order valence-corrected chi connectivity index (χ2v) is 4.48. The number of hydrogen-bond acceptors (Lipinski definition) is 2. The number of carbonyl (C=O) groups excluding carboxylic acids is 1. The minimum atomic E-state index is -4.88. The quantitative estimate of drug-likeness (QED) is 0.518. The van der Waals surface area contributed by atoms with Gasteiger partial charge in [-0.2, -0.15) is 0 Å². The summed E-state index contributed by atoms with van der Waals surface area (Å²) in [4.78, 5) is 27.5. The van der Waals surface area contributed by atoms with Crippen LogP contribution in [0.25, 0.3) is 0 Å². The SMILES string of the molecule is CCCCCC(=O)[C@@H](F)P(=O)(O)O. The molecular weight excluding hydrogens is 198 g/mol. The topological polar surface area (TPSA) is 74.6 Å². The maximum absolute atomic E-state index is 12.6. The van der Waals surface area contributed by atoms with Crippen molar-refractivity contribution in [1.82, 2.24) is 0 Å². The Labute approximate surface area is 76.3 Å². The molecule has 0 heterocycles. The van der Waals surface area contributed by atoms with Gasteiger partial charge in [-0.05, 0) is 6.42 Å². The van der Waals surface area contributed by atoms with Crippen molar-refractivity contribution in [1.29, 1.82) is 0 Å². The van der Waals surface area contributed by atoms with Crippen LogP contribution in [0.5, 0.6) is 0 Å². The zero-order valence-corrected chi connectivity index (χ0v) is 8.34. The fourth-order valence-electron chi connectivity index (χ4n) is 0.856. The van der Waals surface area contributed by atoms with Crippen molar-refractivity contribution in [3.05, 3.63) is 0 Å². The van der Waals surface area contributed by atoms with Crippen molar-refractivity contribution in [3.8, 4) is 0 Å². The molecule has 0 aliphatic heterocycles. The van der Waals surface area contributed by atoms with E-state index in [1.165, 1.54) is 0 Å². The number of halogens is 1. The monoisotopic (exact) mass is 212 g/mol. The van der Waals surface area contributed by atoms with Crippen LogP contribution in [-0.4, -0.2) is 21.5 Å². The highest BCUT2D eigenvalue weighted by Gasteiger charge is 2.34. The molecule has 2 N–H and O–H groups in total. The number of alkyl halides is 1. The summed E-state index contributed by atoms with van der Waals surface area (Å²) in [7, 11) is -4.88. The van der Waals surface area contributed by atoms with Crippen molar-refractivity contribution in [2.45, 2.75) is 38.5 Å². The Balaban J connectivity index is 3.91. The molecule has 0 saturated carbocycles. The molecule has 0 aromatic carbocycles. The lowest BCUT2D eigenvalue weighted by atomic mass is 10.1. The molecule has 0 amide bonds. The summed E-state index contributed by atoms with van der Waals surface area (Å²) in [6.07, 6.45) is 2.02. The minimum Gasteiger partial charge on any atom is -0.322 e. The van der Waals surface area contributed by atoms with E-state index in [0.717, 1.165) is 12.8 Å². The highest BCUT2D eigenvalue weighted by Crippen LogP contribution is 2.42. The third-order valence-corrected chi connectivity index (χ3v) is 2.47. The normalized spacial score (nSPS) is 14.2. The van der Waals surface area contributed by atoms with Crippen molar-refractivity contribution in [3.63, 3.8) is 0 Å². The molecule has 0 unspecified atom stereocenters. The largest absolute Gasteiger partial charge is 0.367 e. The molecule has 0 radical (unpaired) electrons. The molecule has 1 atom stereocenters. The zero-order chi connectivity index (χ0) is 10.5. The lowest BCUT2D eigenvalue weighted by molar-refractivity contribution is -0.121. The van der Waals surface area contributed by atoms with Gasteiger partial charge in [0.25, 0.3) is 5.91 Å². The first kappa shape index (κ1) is 12.8. The Hall–Kier alpha value is -0.250. The molecule has 0 aliphatic carbocycles. The van der Waals surface area contributed by atoms with Crippen LogP contribution in [0, 0.1) is 0 Å². The molecule has 0 spiro atoms. The summed E-state index contributed by atoms with van der Waals surface area (Å²) in [5.74, 6) is -3.63. The number of unbranched alkanes of at least 4 members (excludes halogenated alkanes) is 2. The van der Waals surface area contributed by atoms with E-state index in [1.807, 2.05) is 6.92 Å². The summed E-state index contributed by atoms with van der Waals surface area (Å²) < 4.78 is 22.9. The van der Waals surface area contributed by atoms with Crippen LogP contribution in [0.4, 0.5) is 4.39 Å². The summed E-state index contributed by atoms with van der Waals surface area (Å²) in [6, 6.07) is 0. The summed E-state index contributed by atoms with van der Waals surface area (Å²) in [6.45, 7) is 1.92. The molecule has 0 fully saturated rings. The van der Waals surface area contributed by atoms with E-state index in [9.17, 15) is 13.8 Å². The Morgan fingerprint density at radius 3 is 2.38 bits per heavy atom. The standard InChI is InChI=1S/C7H14FO4P/c1-2-3-4-5-6(9)7(8)13(10,11)12/h7H,2-5H2,1H3,(H2,10,11,12)/t7-/m0/s1. The van der Waals surface area contributed by atoms with Crippen molar-refractivity contribution < 1.29 is 23.5 Å². The van der Waals surface area contributed by atoms with Gasteiger partial charge in [-0.25, -0.2) is 4.39 Å². The van der Waals surface area contributed by atoms with Gasteiger partial charge in [0.15, 0.2) is 5.78 Å². The van der Waals surface area contributed by atoms with Gasteiger partial charge in [0.2, 0.25) is 0 Å². The van der Waals surface area contributed by atoms with Crippen LogP contribution in [-0.2, 0) is 9.36 Å². The maximum atomic E-state index is 12.6. The average Bonchev–Trinajstić information content (AvgIpc) is 2.01. The van der Waals surface area contributed by atoms with Crippen LogP contribution in [0.1, 0.15) is 32.6 Å². The highest BCUT2D eigenvalue weighted by molar-refractivity contribution is 7.53. The fraction of sp³-hybridized carbons (Fsp3) is 0.857. The van der Waals surface area contributed by atoms with Crippen LogP contribution < -0.4 is 0 Å². The number of carbonyl (C=O) groups is 1. The second-order valence-electron chi connectivity index (χ2n) is 2.85. The van der Waals surface area contributed by atoms with Gasteiger partial charge in [0, 0.05) is 6.42 Å². The second kappa shape index (κ2) is 5.47. The third kappa shape index (κ3) is 5.13. The Bertz CT molecular complexity index is 213. The lowest BCUT2D eigenvalue weighted by Gasteiger charge is -2.08. The van der Waals surface area contributed by atoms with Crippen LogP contribution in [0.2, 0.25) is 0 Å². The molecule has 0 bridgehead atoms. The van der Waals surface area contributed by atoms with Gasteiger partial charge in [-0.3, -0.25) is 9.36 Å². The molecule has 78 valence electrons. The van der Waals surface area contributed by atoms with E-state index in [0.29, 0.717) is 6.42 Å². The van der Waals surface area contributed by atoms with E-state index >= 15 is 0 Å².